The Morgan fingerprint density at radius 2 is 1.69 bits per heavy atom. The Balaban J connectivity index is 1.83. The molecule has 0 fully saturated rings. The van der Waals surface area contributed by atoms with Crippen molar-refractivity contribution in [2.45, 2.75) is 18.2 Å². The number of aromatic nitrogens is 1. The molecular weight excluding hydrogens is 369 g/mol. The number of fused-ring (bicyclic) bond motifs is 2. The molecule has 0 spiro atoms. The molecule has 5 nitrogen and oxygen atoms in total. The topological polar surface area (TPSA) is 51.5 Å². The van der Waals surface area contributed by atoms with Crippen molar-refractivity contribution >= 4 is 26.7 Å². The van der Waals surface area contributed by atoms with Crippen LogP contribution >= 0.6 is 0 Å². The quantitative estimate of drug-likeness (QED) is 0.513. The van der Waals surface area contributed by atoms with E-state index in [2.05, 4.69) is 4.18 Å². The molecule has 2 aromatic carbocycles. The Morgan fingerprint density at radius 3 is 2.46 bits per heavy atom. The second-order valence-corrected chi connectivity index (χ2v) is 7.41. The zero-order valence-corrected chi connectivity index (χ0v) is 14.0. The Morgan fingerprint density at radius 1 is 1.00 bits per heavy atom. The van der Waals surface area contributed by atoms with E-state index >= 15 is 0 Å². The number of rotatable bonds is 3. The second-order valence-electron chi connectivity index (χ2n) is 5.85. The van der Waals surface area contributed by atoms with Crippen LogP contribution in [0, 0.1) is 0 Å². The molecule has 0 bridgehead atoms. The van der Waals surface area contributed by atoms with E-state index in [-0.39, 0.29) is 6.42 Å². The fourth-order valence-corrected chi connectivity index (χ4v) is 3.67. The minimum atomic E-state index is -5.73. The lowest BCUT2D eigenvalue weighted by Crippen LogP contribution is -2.42. The first-order valence-corrected chi connectivity index (χ1v) is 9.12. The Labute approximate surface area is 147 Å². The number of benzene rings is 2. The maximum absolute atomic E-state index is 12.8. The molecule has 1 atom stereocenters. The van der Waals surface area contributed by atoms with Gasteiger partial charge in [0.2, 0.25) is 0 Å². The molecule has 1 aliphatic heterocycles. The predicted molar refractivity (Wildman–Crippen MR) is 89.8 cm³/mol. The van der Waals surface area contributed by atoms with Gasteiger partial charge >= 0.3 is 15.6 Å². The van der Waals surface area contributed by atoms with E-state index in [4.69, 9.17) is 0 Å². The zero-order chi connectivity index (χ0) is 18.5. The van der Waals surface area contributed by atoms with Crippen LogP contribution in [0.1, 0.15) is 5.56 Å². The highest BCUT2D eigenvalue weighted by Gasteiger charge is 2.50. The molecule has 0 saturated heterocycles. The average Bonchev–Trinajstić information content (AvgIpc) is 3.13. The molecule has 1 aliphatic rings. The number of alkyl halides is 3. The molecular formula is C17H13F3N2O3S. The van der Waals surface area contributed by atoms with Crippen LogP contribution in [0.5, 0.6) is 0 Å². The van der Waals surface area contributed by atoms with Gasteiger partial charge in [-0.3, -0.25) is 9.69 Å². The summed E-state index contributed by atoms with van der Waals surface area (Å²) in [4.78, 5) is 0. The van der Waals surface area contributed by atoms with Crippen LogP contribution in [-0.4, -0.2) is 24.8 Å². The van der Waals surface area contributed by atoms with Crippen LogP contribution in [0.15, 0.2) is 60.8 Å². The van der Waals surface area contributed by atoms with Gasteiger partial charge in [0.05, 0.1) is 11.2 Å². The summed E-state index contributed by atoms with van der Waals surface area (Å²) < 4.78 is 67.7. The first-order valence-electron chi connectivity index (χ1n) is 7.71. The Kier molecular flexibility index (Phi) is 3.74. The maximum atomic E-state index is 12.8. The molecule has 2 heterocycles. The van der Waals surface area contributed by atoms with Crippen molar-refractivity contribution in [1.82, 2.24) is 4.68 Å². The van der Waals surface area contributed by atoms with Crippen molar-refractivity contribution in [2.24, 2.45) is 0 Å². The van der Waals surface area contributed by atoms with Gasteiger partial charge in [-0.15, -0.1) is 0 Å². The SMILES string of the molecule is O=S(=O)(OC1Cc2ccccc2N1n1ccc2ccccc21)C(F)(F)F. The Bertz CT molecular complexity index is 1080. The van der Waals surface area contributed by atoms with Crippen molar-refractivity contribution < 1.29 is 25.8 Å². The summed E-state index contributed by atoms with van der Waals surface area (Å²) in [6.07, 6.45) is 0.344. The van der Waals surface area contributed by atoms with Crippen molar-refractivity contribution in [2.75, 3.05) is 5.01 Å². The Hall–Kier alpha value is -2.52. The zero-order valence-electron chi connectivity index (χ0n) is 13.2. The molecule has 1 unspecified atom stereocenters. The number of hydrogen-bond donors (Lipinski definition) is 0. The summed E-state index contributed by atoms with van der Waals surface area (Å²) in [6, 6.07) is 16.0. The van der Waals surface area contributed by atoms with Gasteiger partial charge in [-0.2, -0.15) is 21.6 Å². The van der Waals surface area contributed by atoms with E-state index < -0.39 is 21.9 Å². The summed E-state index contributed by atoms with van der Waals surface area (Å²) >= 11 is 0. The monoisotopic (exact) mass is 382 g/mol. The van der Waals surface area contributed by atoms with Gasteiger partial charge in [0.1, 0.15) is 0 Å². The van der Waals surface area contributed by atoms with Gasteiger partial charge in [-0.1, -0.05) is 36.4 Å². The second kappa shape index (κ2) is 5.75. The molecule has 0 N–H and O–H groups in total. The lowest BCUT2D eigenvalue weighted by Gasteiger charge is -2.28. The third-order valence-electron chi connectivity index (χ3n) is 4.24. The molecule has 9 heteroatoms. The molecule has 3 aromatic rings. The highest BCUT2D eigenvalue weighted by molar-refractivity contribution is 7.87. The normalized spacial score (nSPS) is 17.7. The van der Waals surface area contributed by atoms with Gasteiger partial charge in [0.25, 0.3) is 0 Å². The average molecular weight is 382 g/mol. The standard InChI is InChI=1S/C17H13F3N2O3S/c18-17(19,20)26(23,24)25-16-11-13-6-2-4-8-15(13)22(16)21-10-9-12-5-1-3-7-14(12)21/h1-10,16H,11H2. The van der Waals surface area contributed by atoms with E-state index in [0.29, 0.717) is 11.3 Å². The molecule has 136 valence electrons. The summed E-state index contributed by atoms with van der Waals surface area (Å²) in [7, 11) is -5.73. The highest BCUT2D eigenvalue weighted by Crippen LogP contribution is 2.37. The number of hydrogen-bond acceptors (Lipinski definition) is 4. The lowest BCUT2D eigenvalue weighted by atomic mass is 10.2. The van der Waals surface area contributed by atoms with Gasteiger partial charge in [-0.25, -0.2) is 4.18 Å². The molecule has 0 saturated carbocycles. The maximum Gasteiger partial charge on any atom is 0.523 e. The number of nitrogens with zero attached hydrogens (tertiary/aromatic N) is 2. The highest BCUT2D eigenvalue weighted by atomic mass is 32.2. The van der Waals surface area contributed by atoms with E-state index in [1.54, 1.807) is 53.3 Å². The first-order chi connectivity index (χ1) is 12.3. The molecule has 1 aromatic heterocycles. The van der Waals surface area contributed by atoms with Crippen molar-refractivity contribution in [1.29, 1.82) is 0 Å². The van der Waals surface area contributed by atoms with E-state index in [1.807, 2.05) is 12.1 Å². The minimum Gasteiger partial charge on any atom is -0.258 e. The number of para-hydroxylation sites is 2. The van der Waals surface area contributed by atoms with Crippen molar-refractivity contribution in [3.63, 3.8) is 0 Å². The molecule has 0 aliphatic carbocycles. The molecule has 4 rings (SSSR count). The van der Waals surface area contributed by atoms with Gasteiger partial charge in [-0.05, 0) is 23.8 Å². The first kappa shape index (κ1) is 16.9. The van der Waals surface area contributed by atoms with Crippen LogP contribution in [0.3, 0.4) is 0 Å². The van der Waals surface area contributed by atoms with Crippen LogP contribution in [0.4, 0.5) is 18.9 Å². The van der Waals surface area contributed by atoms with Crippen LogP contribution in [0.25, 0.3) is 10.9 Å². The summed E-state index contributed by atoms with van der Waals surface area (Å²) in [6.45, 7) is 0. The van der Waals surface area contributed by atoms with Crippen LogP contribution in [0.2, 0.25) is 0 Å². The number of halogens is 3. The van der Waals surface area contributed by atoms with E-state index in [1.165, 1.54) is 5.01 Å². The van der Waals surface area contributed by atoms with Gasteiger partial charge < -0.3 is 0 Å². The molecule has 0 radical (unpaired) electrons. The number of anilines is 1. The third kappa shape index (κ3) is 2.63. The van der Waals surface area contributed by atoms with Crippen molar-refractivity contribution in [3.8, 4) is 0 Å². The van der Waals surface area contributed by atoms with Gasteiger partial charge in [0.15, 0.2) is 6.23 Å². The van der Waals surface area contributed by atoms with E-state index in [0.717, 1.165) is 10.9 Å². The van der Waals surface area contributed by atoms with Crippen LogP contribution < -0.4 is 5.01 Å². The van der Waals surface area contributed by atoms with E-state index in [9.17, 15) is 21.6 Å². The smallest absolute Gasteiger partial charge is 0.258 e. The van der Waals surface area contributed by atoms with Crippen LogP contribution in [-0.2, 0) is 20.7 Å². The third-order valence-corrected chi connectivity index (χ3v) is 5.28. The summed E-state index contributed by atoms with van der Waals surface area (Å²) in [5, 5.41) is 2.30. The van der Waals surface area contributed by atoms with Gasteiger partial charge in [0, 0.05) is 18.0 Å². The summed E-state index contributed by atoms with van der Waals surface area (Å²) in [5.41, 5.74) is -3.46. The predicted octanol–water partition coefficient (Wildman–Crippen LogP) is 3.66. The summed E-state index contributed by atoms with van der Waals surface area (Å²) in [5.74, 6) is 0. The van der Waals surface area contributed by atoms with Crippen molar-refractivity contribution in [3.05, 3.63) is 66.4 Å². The fraction of sp³-hybridized carbons (Fsp3) is 0.176. The largest absolute Gasteiger partial charge is 0.523 e. The molecule has 26 heavy (non-hydrogen) atoms. The minimum absolute atomic E-state index is 0.0119. The fourth-order valence-electron chi connectivity index (χ4n) is 3.12. The lowest BCUT2D eigenvalue weighted by molar-refractivity contribution is -0.0573. The molecule has 0 amide bonds.